The lowest BCUT2D eigenvalue weighted by Crippen LogP contribution is -2.49. The van der Waals surface area contributed by atoms with Gasteiger partial charge in [0.15, 0.2) is 11.5 Å². The molecule has 4 N–H and O–H groups in total. The zero-order valence-corrected chi connectivity index (χ0v) is 21.6. The average Bonchev–Trinajstić information content (AvgIpc) is 3.21. The van der Waals surface area contributed by atoms with Gasteiger partial charge in [0.1, 0.15) is 35.8 Å². The summed E-state index contributed by atoms with van der Waals surface area (Å²) < 4.78 is 26.7. The molecule has 3 aromatic heterocycles. The molecule has 0 aliphatic rings. The lowest BCUT2D eigenvalue weighted by atomic mass is 10.1. The molecule has 0 fully saturated rings. The normalized spacial score (nSPS) is 14.4. The molecule has 0 aromatic carbocycles. The molecule has 0 bridgehead atoms. The monoisotopic (exact) mass is 519 g/mol. The van der Waals surface area contributed by atoms with Gasteiger partial charge in [-0.3, -0.25) is 19.2 Å². The summed E-state index contributed by atoms with van der Waals surface area (Å²) in [5, 5.41) is 5.20. The fraction of sp³-hybridized carbons (Fsp3) is 0.476. The number of nitrogens with zero attached hydrogens (tertiary/aromatic N) is 6. The quantitative estimate of drug-likeness (QED) is 0.245. The van der Waals surface area contributed by atoms with Gasteiger partial charge in [0.25, 0.3) is 13.4 Å². The summed E-state index contributed by atoms with van der Waals surface area (Å²) in [6.45, 7) is 8.47. The van der Waals surface area contributed by atoms with Gasteiger partial charge in [0.2, 0.25) is 0 Å². The highest BCUT2D eigenvalue weighted by atomic mass is 31.2. The van der Waals surface area contributed by atoms with E-state index in [9.17, 15) is 14.2 Å². The minimum atomic E-state index is -3.86. The van der Waals surface area contributed by atoms with E-state index in [1.165, 1.54) is 38.8 Å². The van der Waals surface area contributed by atoms with Crippen LogP contribution >= 0.6 is 7.44 Å². The molecule has 3 rings (SSSR count). The molecule has 1 unspecified atom stereocenters. The van der Waals surface area contributed by atoms with E-state index < -0.39 is 37.3 Å². The lowest BCUT2D eigenvalue weighted by molar-refractivity contribution is -0.153. The zero-order valence-electron chi connectivity index (χ0n) is 20.7. The van der Waals surface area contributed by atoms with Crippen LogP contribution in [0.3, 0.4) is 0 Å². The van der Waals surface area contributed by atoms with Gasteiger partial charge in [-0.15, -0.1) is 0 Å². The number of nitrogens with one attached hydrogen (secondary N) is 2. The molecule has 194 valence electrons. The Labute approximate surface area is 207 Å². The zero-order chi connectivity index (χ0) is 26.5. The van der Waals surface area contributed by atoms with E-state index in [0.29, 0.717) is 17.7 Å². The van der Waals surface area contributed by atoms with Gasteiger partial charge in [0, 0.05) is 6.20 Å². The summed E-state index contributed by atoms with van der Waals surface area (Å²) in [6, 6.07) is 1.37. The second-order valence-corrected chi connectivity index (χ2v) is 11.1. The maximum Gasteiger partial charge on any atom is 0.326 e. The fourth-order valence-electron chi connectivity index (χ4n) is 3.19. The Morgan fingerprint density at radius 1 is 1.17 bits per heavy atom. The van der Waals surface area contributed by atoms with E-state index in [-0.39, 0.29) is 17.6 Å². The van der Waals surface area contributed by atoms with Gasteiger partial charge >= 0.3 is 5.97 Å². The van der Waals surface area contributed by atoms with Gasteiger partial charge in [-0.25, -0.2) is 30.0 Å². The van der Waals surface area contributed by atoms with Crippen LogP contribution < -0.4 is 15.9 Å². The van der Waals surface area contributed by atoms with Crippen molar-refractivity contribution in [3.8, 4) is 0 Å². The maximum atomic E-state index is 13.9. The van der Waals surface area contributed by atoms with E-state index in [2.05, 4.69) is 35.1 Å². The van der Waals surface area contributed by atoms with Gasteiger partial charge in [-0.05, 0) is 40.7 Å². The number of aromatic nitrogens is 6. The molecule has 0 spiro atoms. The number of nitrogen functional groups attached to an aromatic ring is 1. The highest BCUT2D eigenvalue weighted by Gasteiger charge is 2.39. The number of hydrogen-bond acceptors (Lipinski definition) is 11. The van der Waals surface area contributed by atoms with Crippen molar-refractivity contribution in [2.24, 2.45) is 0 Å². The fourth-order valence-corrected chi connectivity index (χ4v) is 5.28. The average molecular weight is 520 g/mol. The summed E-state index contributed by atoms with van der Waals surface area (Å²) in [4.78, 5) is 45.3. The van der Waals surface area contributed by atoms with Gasteiger partial charge in [0.05, 0.1) is 25.1 Å². The number of hydrogen-bond donors (Lipinski definition) is 3. The SMILES string of the molecule is CC(C)OC(=O)C(C)(C)NP(=O)(CO[C@@H](C)Cn1cnc2c(N)ncnc21)NC(=O)c1ccncn1. The van der Waals surface area contributed by atoms with Crippen molar-refractivity contribution in [1.82, 2.24) is 39.7 Å². The Morgan fingerprint density at radius 3 is 2.58 bits per heavy atom. The minimum Gasteiger partial charge on any atom is -0.462 e. The highest BCUT2D eigenvalue weighted by molar-refractivity contribution is 7.60. The van der Waals surface area contributed by atoms with E-state index in [4.69, 9.17) is 15.2 Å². The molecule has 1 amide bonds. The topological polar surface area (TPSA) is 189 Å². The Kier molecular flexibility index (Phi) is 8.33. The number of carbonyl (C=O) groups excluding carboxylic acids is 2. The summed E-state index contributed by atoms with van der Waals surface area (Å²) >= 11 is 0. The molecular weight excluding hydrogens is 489 g/mol. The molecule has 14 nitrogen and oxygen atoms in total. The number of esters is 1. The van der Waals surface area contributed by atoms with Crippen LogP contribution in [0.2, 0.25) is 0 Å². The predicted molar refractivity (Wildman–Crippen MR) is 131 cm³/mol. The van der Waals surface area contributed by atoms with Crippen molar-refractivity contribution in [3.63, 3.8) is 0 Å². The van der Waals surface area contributed by atoms with E-state index in [1.54, 1.807) is 31.7 Å². The predicted octanol–water partition coefficient (Wildman–Crippen LogP) is 1.50. The van der Waals surface area contributed by atoms with E-state index in [1.807, 2.05) is 0 Å². The first-order valence-corrected chi connectivity index (χ1v) is 13.0. The van der Waals surface area contributed by atoms with Gasteiger partial charge < -0.3 is 19.8 Å². The standard InChI is InChI=1S/C21H30N9O5P/c1-13(2)35-20(32)21(4,5)29-36(33,28-19(31)15-6-7-23-9-24-15)12-34-14(3)8-30-11-27-16-17(22)25-10-26-18(16)30/h6-7,9-11,13-14H,8,12H2,1-5H3,(H2,22,25,26)(H2,28,29,31,33)/t14-,36?/m0/s1. The van der Waals surface area contributed by atoms with Gasteiger partial charge in [-0.2, -0.15) is 0 Å². The second kappa shape index (κ2) is 11.1. The van der Waals surface area contributed by atoms with Crippen LogP contribution in [0.25, 0.3) is 11.2 Å². The Morgan fingerprint density at radius 2 is 1.92 bits per heavy atom. The molecule has 0 radical (unpaired) electrons. The molecule has 3 aromatic rings. The maximum absolute atomic E-state index is 13.9. The molecule has 36 heavy (non-hydrogen) atoms. The molecule has 2 atom stereocenters. The first-order valence-electron chi connectivity index (χ1n) is 11.1. The number of ether oxygens (including phenoxy) is 2. The van der Waals surface area contributed by atoms with Crippen LogP contribution in [0.5, 0.6) is 0 Å². The van der Waals surface area contributed by atoms with Gasteiger partial charge in [-0.1, -0.05) is 0 Å². The second-order valence-electron chi connectivity index (χ2n) is 8.90. The van der Waals surface area contributed by atoms with Crippen LogP contribution in [0.1, 0.15) is 45.1 Å². The van der Waals surface area contributed by atoms with Crippen LogP contribution in [-0.4, -0.2) is 65.5 Å². The number of fused-ring (bicyclic) bond motifs is 1. The van der Waals surface area contributed by atoms with Crippen molar-refractivity contribution in [3.05, 3.63) is 36.9 Å². The molecular formula is C21H30N9O5P. The minimum absolute atomic E-state index is 0.00444. The highest BCUT2D eigenvalue weighted by Crippen LogP contribution is 2.40. The number of nitrogens with two attached hydrogens (primary N) is 1. The summed E-state index contributed by atoms with van der Waals surface area (Å²) in [6.07, 6.45) is 4.17. The van der Waals surface area contributed by atoms with Crippen LogP contribution in [0.4, 0.5) is 5.82 Å². The first kappa shape index (κ1) is 27.1. The molecule has 0 aliphatic heterocycles. The Hall–Kier alpha value is -3.48. The molecule has 15 heteroatoms. The van der Waals surface area contributed by atoms with Crippen molar-refractivity contribution in [2.75, 3.05) is 12.1 Å². The summed E-state index contributed by atoms with van der Waals surface area (Å²) in [7, 11) is -3.86. The smallest absolute Gasteiger partial charge is 0.326 e. The third-order valence-electron chi connectivity index (χ3n) is 4.83. The van der Waals surface area contributed by atoms with Crippen LogP contribution in [0, 0.1) is 0 Å². The molecule has 0 saturated carbocycles. The van der Waals surface area contributed by atoms with Crippen molar-refractivity contribution in [2.45, 2.75) is 58.9 Å². The largest absolute Gasteiger partial charge is 0.462 e. The summed E-state index contributed by atoms with van der Waals surface area (Å²) in [5.41, 5.74) is 5.42. The van der Waals surface area contributed by atoms with Crippen LogP contribution in [-0.2, 0) is 25.4 Å². The number of anilines is 1. The third-order valence-corrected chi connectivity index (χ3v) is 6.83. The van der Waals surface area contributed by atoms with Crippen LogP contribution in [0.15, 0.2) is 31.2 Å². The van der Waals surface area contributed by atoms with Crippen molar-refractivity contribution in [1.29, 1.82) is 0 Å². The lowest BCUT2D eigenvalue weighted by Gasteiger charge is -2.31. The van der Waals surface area contributed by atoms with Crippen molar-refractivity contribution < 1.29 is 23.6 Å². The Bertz CT molecular complexity index is 1270. The molecule has 0 aliphatic carbocycles. The number of rotatable bonds is 11. The van der Waals surface area contributed by atoms with Crippen molar-refractivity contribution >= 4 is 36.3 Å². The number of amides is 1. The van der Waals surface area contributed by atoms with E-state index in [0.717, 1.165) is 0 Å². The molecule has 3 heterocycles. The first-order chi connectivity index (χ1) is 16.9. The number of imidazole rings is 1. The molecule has 0 saturated heterocycles. The Balaban J connectivity index is 1.76. The summed E-state index contributed by atoms with van der Waals surface area (Å²) in [5.74, 6) is -1.10. The number of carbonyl (C=O) groups is 2. The van der Waals surface area contributed by atoms with E-state index >= 15 is 0 Å². The third kappa shape index (κ3) is 6.80.